The Kier molecular flexibility index (Phi) is 4.66. The molecule has 0 saturated carbocycles. The highest BCUT2D eigenvalue weighted by Gasteiger charge is 2.18. The minimum Gasteiger partial charge on any atom is -0.322 e. The van der Waals surface area contributed by atoms with Crippen LogP contribution in [-0.4, -0.2) is 9.78 Å². The smallest absolute Gasteiger partial charge is 0.0699 e. The van der Waals surface area contributed by atoms with Crippen LogP contribution < -0.4 is 5.73 Å². The van der Waals surface area contributed by atoms with Gasteiger partial charge in [0.05, 0.1) is 22.4 Å². The molecule has 2 rings (SSSR count). The molecular weight excluding hydrogens is 314 g/mol. The van der Waals surface area contributed by atoms with Crippen molar-refractivity contribution in [3.05, 3.63) is 51.3 Å². The summed E-state index contributed by atoms with van der Waals surface area (Å²) in [6.45, 7) is 8.50. The summed E-state index contributed by atoms with van der Waals surface area (Å²) in [6.07, 6.45) is 2.65. The molecule has 2 N–H and O–H groups in total. The summed E-state index contributed by atoms with van der Waals surface area (Å²) in [5.41, 5.74) is 11.4. The van der Waals surface area contributed by atoms with Crippen LogP contribution >= 0.6 is 15.9 Å². The summed E-state index contributed by atoms with van der Waals surface area (Å²) in [5.74, 6) is 0. The number of hydrogen-bond donors (Lipinski definition) is 1. The van der Waals surface area contributed by atoms with Gasteiger partial charge < -0.3 is 5.73 Å². The molecule has 3 nitrogen and oxygen atoms in total. The van der Waals surface area contributed by atoms with Gasteiger partial charge in [0.25, 0.3) is 0 Å². The fourth-order valence-corrected chi connectivity index (χ4v) is 2.96. The number of aromatic nitrogens is 2. The second-order valence-corrected chi connectivity index (χ2v) is 6.50. The van der Waals surface area contributed by atoms with Gasteiger partial charge in [0.2, 0.25) is 0 Å². The van der Waals surface area contributed by atoms with Crippen molar-refractivity contribution >= 4 is 15.9 Å². The molecule has 0 aliphatic carbocycles. The maximum atomic E-state index is 6.41. The Morgan fingerprint density at radius 1 is 1.25 bits per heavy atom. The fraction of sp³-hybridized carbons (Fsp3) is 0.438. The van der Waals surface area contributed by atoms with E-state index in [4.69, 9.17) is 5.73 Å². The summed E-state index contributed by atoms with van der Waals surface area (Å²) in [6, 6.07) is 6.79. The molecule has 1 aromatic heterocycles. The molecule has 108 valence electrons. The lowest BCUT2D eigenvalue weighted by molar-refractivity contribution is 0.484. The van der Waals surface area contributed by atoms with E-state index in [1.54, 1.807) is 0 Å². The molecule has 4 heteroatoms. The zero-order valence-corrected chi connectivity index (χ0v) is 14.1. The number of hydrogen-bond acceptors (Lipinski definition) is 2. The van der Waals surface area contributed by atoms with Crippen molar-refractivity contribution in [3.8, 4) is 0 Å². The lowest BCUT2D eigenvalue weighted by Crippen LogP contribution is -2.20. The van der Waals surface area contributed by atoms with Crippen LogP contribution in [-0.2, 0) is 6.42 Å². The zero-order valence-electron chi connectivity index (χ0n) is 12.5. The monoisotopic (exact) mass is 335 g/mol. The molecular formula is C16H22BrN3. The van der Waals surface area contributed by atoms with Gasteiger partial charge in [-0.3, -0.25) is 4.68 Å². The molecule has 0 spiro atoms. The molecule has 0 fully saturated rings. The Hall–Kier alpha value is -1.13. The predicted octanol–water partition coefficient (Wildman–Crippen LogP) is 4.09. The van der Waals surface area contributed by atoms with Crippen LogP contribution in [0.5, 0.6) is 0 Å². The second-order valence-electron chi connectivity index (χ2n) is 5.65. The number of nitrogens with two attached hydrogens (primary N) is 1. The third kappa shape index (κ3) is 3.13. The van der Waals surface area contributed by atoms with Gasteiger partial charge in [0, 0.05) is 6.04 Å². The molecule has 1 unspecified atom stereocenters. The molecule has 0 aliphatic heterocycles. The molecule has 20 heavy (non-hydrogen) atoms. The van der Waals surface area contributed by atoms with Crippen LogP contribution in [0.2, 0.25) is 0 Å². The van der Waals surface area contributed by atoms with Crippen LogP contribution in [0.15, 0.2) is 28.9 Å². The van der Waals surface area contributed by atoms with E-state index in [0.29, 0.717) is 6.04 Å². The summed E-state index contributed by atoms with van der Waals surface area (Å²) >= 11 is 3.56. The first-order valence-electron chi connectivity index (χ1n) is 6.94. The second kappa shape index (κ2) is 6.10. The van der Waals surface area contributed by atoms with E-state index in [9.17, 15) is 0 Å². The molecule has 2 aromatic rings. The van der Waals surface area contributed by atoms with Crippen molar-refractivity contribution in [1.29, 1.82) is 0 Å². The summed E-state index contributed by atoms with van der Waals surface area (Å²) < 4.78 is 2.98. The van der Waals surface area contributed by atoms with Crippen LogP contribution in [0.25, 0.3) is 0 Å². The fourth-order valence-electron chi connectivity index (χ4n) is 2.39. The third-order valence-corrected chi connectivity index (χ3v) is 4.27. The van der Waals surface area contributed by atoms with Crippen molar-refractivity contribution in [1.82, 2.24) is 9.78 Å². The minimum absolute atomic E-state index is 0.0589. The van der Waals surface area contributed by atoms with Crippen LogP contribution in [0.1, 0.15) is 48.3 Å². The third-order valence-electron chi connectivity index (χ3n) is 3.65. The Morgan fingerprint density at radius 3 is 2.55 bits per heavy atom. The lowest BCUT2D eigenvalue weighted by Gasteiger charge is -2.18. The van der Waals surface area contributed by atoms with Gasteiger partial charge in [-0.25, -0.2) is 0 Å². The van der Waals surface area contributed by atoms with E-state index in [-0.39, 0.29) is 6.04 Å². The highest BCUT2D eigenvalue weighted by atomic mass is 79.9. The maximum absolute atomic E-state index is 6.41. The highest BCUT2D eigenvalue weighted by molar-refractivity contribution is 9.10. The van der Waals surface area contributed by atoms with Gasteiger partial charge in [0.15, 0.2) is 0 Å². The van der Waals surface area contributed by atoms with E-state index in [1.807, 2.05) is 10.9 Å². The van der Waals surface area contributed by atoms with Crippen molar-refractivity contribution in [2.45, 2.75) is 46.2 Å². The van der Waals surface area contributed by atoms with Gasteiger partial charge in [-0.05, 0) is 66.7 Å². The standard InChI is InChI=1S/C16H22BrN3/c1-10(2)20-16(14(17)9-19-20)15(18)8-13-6-5-11(3)12(4)7-13/h5-7,9-10,15H,8,18H2,1-4H3. The molecule has 0 amide bonds. The summed E-state index contributed by atoms with van der Waals surface area (Å²) in [5, 5.41) is 4.40. The summed E-state index contributed by atoms with van der Waals surface area (Å²) in [4.78, 5) is 0. The molecule has 0 saturated heterocycles. The number of benzene rings is 1. The van der Waals surface area contributed by atoms with E-state index >= 15 is 0 Å². The van der Waals surface area contributed by atoms with Gasteiger partial charge in [-0.2, -0.15) is 5.10 Å². The Morgan fingerprint density at radius 2 is 1.95 bits per heavy atom. The zero-order chi connectivity index (χ0) is 14.9. The average molecular weight is 336 g/mol. The van der Waals surface area contributed by atoms with E-state index in [2.05, 4.69) is 66.9 Å². The number of nitrogens with zero attached hydrogens (tertiary/aromatic N) is 2. The summed E-state index contributed by atoms with van der Waals surface area (Å²) in [7, 11) is 0. The molecule has 0 aliphatic rings. The van der Waals surface area contributed by atoms with Gasteiger partial charge in [-0.15, -0.1) is 0 Å². The predicted molar refractivity (Wildman–Crippen MR) is 86.9 cm³/mol. The first-order valence-corrected chi connectivity index (χ1v) is 7.74. The number of rotatable bonds is 4. The van der Waals surface area contributed by atoms with Gasteiger partial charge in [0.1, 0.15) is 0 Å². The average Bonchev–Trinajstić information content (AvgIpc) is 2.76. The van der Waals surface area contributed by atoms with Crippen LogP contribution in [0, 0.1) is 13.8 Å². The van der Waals surface area contributed by atoms with Crippen molar-refractivity contribution in [3.63, 3.8) is 0 Å². The largest absolute Gasteiger partial charge is 0.322 e. The maximum Gasteiger partial charge on any atom is 0.0699 e. The highest BCUT2D eigenvalue weighted by Crippen LogP contribution is 2.27. The van der Waals surface area contributed by atoms with Crippen molar-refractivity contribution in [2.24, 2.45) is 5.73 Å². The topological polar surface area (TPSA) is 43.8 Å². The van der Waals surface area contributed by atoms with E-state index in [1.165, 1.54) is 16.7 Å². The first-order chi connectivity index (χ1) is 9.40. The Bertz CT molecular complexity index is 602. The SMILES string of the molecule is Cc1ccc(CC(N)c2c(Br)cnn2C(C)C)cc1C. The van der Waals surface area contributed by atoms with Crippen LogP contribution in [0.3, 0.4) is 0 Å². The minimum atomic E-state index is -0.0589. The van der Waals surface area contributed by atoms with E-state index in [0.717, 1.165) is 16.6 Å². The Balaban J connectivity index is 2.25. The molecule has 0 radical (unpaired) electrons. The van der Waals surface area contributed by atoms with Gasteiger partial charge in [-0.1, -0.05) is 18.2 Å². The number of halogens is 1. The lowest BCUT2D eigenvalue weighted by atomic mass is 9.99. The molecule has 1 heterocycles. The number of aryl methyl sites for hydroxylation is 2. The Labute approximate surface area is 129 Å². The quantitative estimate of drug-likeness (QED) is 0.914. The van der Waals surface area contributed by atoms with Crippen LogP contribution in [0.4, 0.5) is 0 Å². The first kappa shape index (κ1) is 15.3. The van der Waals surface area contributed by atoms with Gasteiger partial charge >= 0.3 is 0 Å². The van der Waals surface area contributed by atoms with E-state index < -0.39 is 0 Å². The molecule has 1 atom stereocenters. The van der Waals surface area contributed by atoms with Crippen molar-refractivity contribution < 1.29 is 0 Å². The molecule has 1 aromatic carbocycles. The normalized spacial score (nSPS) is 12.9. The van der Waals surface area contributed by atoms with Crippen molar-refractivity contribution in [2.75, 3.05) is 0 Å². The molecule has 0 bridgehead atoms.